The fourth-order valence-corrected chi connectivity index (χ4v) is 3.15. The highest BCUT2D eigenvalue weighted by atomic mass is 32.2. The van der Waals surface area contributed by atoms with Crippen LogP contribution in [0.4, 0.5) is 0 Å². The predicted molar refractivity (Wildman–Crippen MR) is 86.3 cm³/mol. The molecule has 100 valence electrons. The number of ether oxygens (including phenoxy) is 1. The van der Waals surface area contributed by atoms with E-state index in [1.54, 1.807) is 0 Å². The molecule has 0 unspecified atom stereocenters. The second-order valence-corrected chi connectivity index (χ2v) is 5.97. The van der Waals surface area contributed by atoms with E-state index in [9.17, 15) is 0 Å². The van der Waals surface area contributed by atoms with Gasteiger partial charge in [0.15, 0.2) is 0 Å². The molecule has 19 heavy (non-hydrogen) atoms. The number of rotatable bonds is 8. The molecule has 0 spiro atoms. The van der Waals surface area contributed by atoms with Crippen LogP contribution in [-0.4, -0.2) is 11.9 Å². The van der Waals surface area contributed by atoms with Crippen LogP contribution < -0.4 is 0 Å². The molecule has 0 amide bonds. The molecule has 0 aromatic heterocycles. The molecule has 0 heterocycles. The molecule has 0 fully saturated rings. The largest absolute Gasteiger partial charge is 0.360 e. The summed E-state index contributed by atoms with van der Waals surface area (Å²) in [6.07, 6.45) is 0. The minimum Gasteiger partial charge on any atom is -0.360 e. The zero-order chi connectivity index (χ0) is 13.2. The fourth-order valence-electron chi connectivity index (χ4n) is 1.62. The molecule has 2 aromatic rings. The SMILES string of the molecule is c1ccc(CSCOCSCc2ccccc2)cc1. The zero-order valence-corrected chi connectivity index (χ0v) is 12.5. The lowest BCUT2D eigenvalue weighted by Crippen LogP contribution is -1.91. The number of benzene rings is 2. The molecule has 0 N–H and O–H groups in total. The Balaban J connectivity index is 1.49. The van der Waals surface area contributed by atoms with Gasteiger partial charge in [-0.3, -0.25) is 0 Å². The first-order valence-electron chi connectivity index (χ1n) is 6.26. The Bertz CT molecular complexity index is 401. The van der Waals surface area contributed by atoms with Crippen molar-refractivity contribution in [1.29, 1.82) is 0 Å². The summed E-state index contributed by atoms with van der Waals surface area (Å²) in [7, 11) is 0. The number of hydrogen-bond donors (Lipinski definition) is 0. The molecular weight excluding hydrogens is 272 g/mol. The highest BCUT2D eigenvalue weighted by Crippen LogP contribution is 2.15. The topological polar surface area (TPSA) is 9.23 Å². The van der Waals surface area contributed by atoms with Crippen LogP contribution in [0.1, 0.15) is 11.1 Å². The Morgan fingerprint density at radius 3 is 1.47 bits per heavy atom. The Morgan fingerprint density at radius 2 is 1.05 bits per heavy atom. The smallest absolute Gasteiger partial charge is 0.0935 e. The Morgan fingerprint density at radius 1 is 0.632 bits per heavy atom. The van der Waals surface area contributed by atoms with Crippen molar-refractivity contribution in [2.75, 3.05) is 11.9 Å². The second kappa shape index (κ2) is 9.08. The van der Waals surface area contributed by atoms with Gasteiger partial charge in [-0.05, 0) is 11.1 Å². The van der Waals surface area contributed by atoms with Crippen LogP contribution in [0.3, 0.4) is 0 Å². The van der Waals surface area contributed by atoms with E-state index in [2.05, 4.69) is 48.5 Å². The molecule has 0 aliphatic heterocycles. The maximum Gasteiger partial charge on any atom is 0.0935 e. The summed E-state index contributed by atoms with van der Waals surface area (Å²) in [5, 5.41) is 0. The lowest BCUT2D eigenvalue weighted by Gasteiger charge is -2.04. The molecule has 0 atom stereocenters. The molecule has 0 radical (unpaired) electrons. The van der Waals surface area contributed by atoms with E-state index in [1.165, 1.54) is 11.1 Å². The van der Waals surface area contributed by atoms with Crippen molar-refractivity contribution in [3.8, 4) is 0 Å². The average Bonchev–Trinajstić information content (AvgIpc) is 2.48. The summed E-state index contributed by atoms with van der Waals surface area (Å²) in [4.78, 5) is 0. The third-order valence-electron chi connectivity index (χ3n) is 2.56. The standard InChI is InChI=1S/C16H18OS2/c1-3-7-15(8-4-1)11-18-13-17-14-19-12-16-9-5-2-6-10-16/h1-10H,11-14H2. The van der Waals surface area contributed by atoms with Gasteiger partial charge in [0.1, 0.15) is 0 Å². The van der Waals surface area contributed by atoms with Gasteiger partial charge in [0.25, 0.3) is 0 Å². The van der Waals surface area contributed by atoms with Crippen LogP contribution in [0.2, 0.25) is 0 Å². The minimum absolute atomic E-state index is 0.761. The average molecular weight is 290 g/mol. The molecule has 0 saturated heterocycles. The maximum absolute atomic E-state index is 5.60. The van der Waals surface area contributed by atoms with Crippen LogP contribution in [0, 0.1) is 0 Å². The van der Waals surface area contributed by atoms with Gasteiger partial charge < -0.3 is 4.74 Å². The molecule has 0 aliphatic rings. The van der Waals surface area contributed by atoms with E-state index in [0.29, 0.717) is 0 Å². The molecule has 0 bridgehead atoms. The van der Waals surface area contributed by atoms with Crippen LogP contribution >= 0.6 is 23.5 Å². The van der Waals surface area contributed by atoms with Gasteiger partial charge in [-0.2, -0.15) is 0 Å². The monoisotopic (exact) mass is 290 g/mol. The highest BCUT2D eigenvalue weighted by Gasteiger charge is 1.94. The fraction of sp³-hybridized carbons (Fsp3) is 0.250. The molecule has 3 heteroatoms. The van der Waals surface area contributed by atoms with E-state index in [-0.39, 0.29) is 0 Å². The van der Waals surface area contributed by atoms with Gasteiger partial charge in [0, 0.05) is 11.5 Å². The van der Waals surface area contributed by atoms with Crippen molar-refractivity contribution in [2.24, 2.45) is 0 Å². The Labute approximate surface area is 123 Å². The zero-order valence-electron chi connectivity index (χ0n) is 10.8. The van der Waals surface area contributed by atoms with E-state index >= 15 is 0 Å². The van der Waals surface area contributed by atoms with Crippen LogP contribution in [0.5, 0.6) is 0 Å². The summed E-state index contributed by atoms with van der Waals surface area (Å²) in [5.41, 5.74) is 2.71. The van der Waals surface area contributed by atoms with Crippen LogP contribution in [-0.2, 0) is 16.2 Å². The minimum atomic E-state index is 0.761. The van der Waals surface area contributed by atoms with E-state index < -0.39 is 0 Å². The normalized spacial score (nSPS) is 10.5. The quantitative estimate of drug-likeness (QED) is 0.511. The molecule has 0 saturated carbocycles. The second-order valence-electron chi connectivity index (χ2n) is 4.11. The van der Waals surface area contributed by atoms with Gasteiger partial charge in [-0.15, -0.1) is 23.5 Å². The lowest BCUT2D eigenvalue weighted by atomic mass is 10.2. The predicted octanol–water partition coefficient (Wildman–Crippen LogP) is 4.78. The van der Waals surface area contributed by atoms with Crippen molar-refractivity contribution in [3.63, 3.8) is 0 Å². The van der Waals surface area contributed by atoms with Crippen molar-refractivity contribution in [1.82, 2.24) is 0 Å². The summed E-state index contributed by atoms with van der Waals surface area (Å²) < 4.78 is 5.60. The van der Waals surface area contributed by atoms with E-state index in [0.717, 1.165) is 23.4 Å². The number of thioether (sulfide) groups is 2. The van der Waals surface area contributed by atoms with Gasteiger partial charge in [0.05, 0.1) is 11.9 Å². The van der Waals surface area contributed by atoms with Crippen LogP contribution in [0.15, 0.2) is 60.7 Å². The van der Waals surface area contributed by atoms with Gasteiger partial charge in [-0.25, -0.2) is 0 Å². The van der Waals surface area contributed by atoms with Crippen molar-refractivity contribution >= 4 is 23.5 Å². The molecule has 2 aromatic carbocycles. The first kappa shape index (κ1) is 14.5. The molecular formula is C16H18OS2. The summed E-state index contributed by atoms with van der Waals surface area (Å²) in [6.45, 7) is 0. The first-order valence-corrected chi connectivity index (χ1v) is 8.57. The Hall–Kier alpha value is -0.900. The van der Waals surface area contributed by atoms with Gasteiger partial charge >= 0.3 is 0 Å². The van der Waals surface area contributed by atoms with Crippen molar-refractivity contribution in [2.45, 2.75) is 11.5 Å². The lowest BCUT2D eigenvalue weighted by molar-refractivity contribution is 0.240. The van der Waals surface area contributed by atoms with E-state index in [4.69, 9.17) is 4.74 Å². The van der Waals surface area contributed by atoms with Gasteiger partial charge in [-0.1, -0.05) is 60.7 Å². The van der Waals surface area contributed by atoms with Gasteiger partial charge in [0.2, 0.25) is 0 Å². The third-order valence-corrected chi connectivity index (χ3v) is 4.30. The van der Waals surface area contributed by atoms with Crippen LogP contribution in [0.25, 0.3) is 0 Å². The summed E-state index contributed by atoms with van der Waals surface area (Å²) in [5.74, 6) is 3.56. The van der Waals surface area contributed by atoms with Crippen molar-refractivity contribution in [3.05, 3.63) is 71.8 Å². The first-order chi connectivity index (χ1) is 9.45. The molecule has 0 aliphatic carbocycles. The molecule has 2 rings (SSSR count). The summed E-state index contributed by atoms with van der Waals surface area (Å²) >= 11 is 3.63. The molecule has 1 nitrogen and oxygen atoms in total. The van der Waals surface area contributed by atoms with Crippen molar-refractivity contribution < 1.29 is 4.74 Å². The van der Waals surface area contributed by atoms with E-state index in [1.807, 2.05) is 35.7 Å². The highest BCUT2D eigenvalue weighted by molar-refractivity contribution is 7.99. The third kappa shape index (κ3) is 6.19. The summed E-state index contributed by atoms with van der Waals surface area (Å²) in [6, 6.07) is 21.0. The number of hydrogen-bond acceptors (Lipinski definition) is 3. The Kier molecular flexibility index (Phi) is 6.93. The maximum atomic E-state index is 5.60.